The first kappa shape index (κ1) is 13.6. The molecule has 1 aliphatic heterocycles. The van der Waals surface area contributed by atoms with Crippen LogP contribution in [0, 0.1) is 0 Å². The molecule has 0 N–H and O–H groups in total. The molecule has 1 aromatic heterocycles. The zero-order valence-electron chi connectivity index (χ0n) is 13.1. The molecule has 0 aliphatic carbocycles. The summed E-state index contributed by atoms with van der Waals surface area (Å²) < 4.78 is 2.26. The molecule has 3 rings (SSSR count). The van der Waals surface area contributed by atoms with Gasteiger partial charge in [-0.15, -0.1) is 0 Å². The second kappa shape index (κ2) is 4.88. The van der Waals surface area contributed by atoms with Crippen molar-refractivity contribution in [3.63, 3.8) is 0 Å². The van der Waals surface area contributed by atoms with Crippen LogP contribution in [0.15, 0.2) is 24.4 Å². The number of nitrogens with zero attached hydrogens (tertiary/aromatic N) is 3. The minimum absolute atomic E-state index is 0.191. The Morgan fingerprint density at radius 2 is 1.85 bits per heavy atom. The molecule has 0 unspecified atom stereocenters. The van der Waals surface area contributed by atoms with Gasteiger partial charge in [0, 0.05) is 5.39 Å². The van der Waals surface area contributed by atoms with Gasteiger partial charge in [-0.3, -0.25) is 4.68 Å². The molecular weight excluding hydrogens is 246 g/mol. The Kier molecular flexibility index (Phi) is 3.33. The lowest BCUT2D eigenvalue weighted by molar-refractivity contribution is 0.215. The van der Waals surface area contributed by atoms with E-state index in [1.165, 1.54) is 42.4 Å². The molecule has 1 aromatic carbocycles. The highest BCUT2D eigenvalue weighted by Crippen LogP contribution is 2.29. The number of hydrogen-bond donors (Lipinski definition) is 0. The summed E-state index contributed by atoms with van der Waals surface area (Å²) in [6.07, 6.45) is 4.42. The van der Waals surface area contributed by atoms with Gasteiger partial charge >= 0.3 is 0 Å². The zero-order chi connectivity index (χ0) is 14.3. The largest absolute Gasteiger partial charge is 0.306 e. The predicted octanol–water partition coefficient (Wildman–Crippen LogP) is 3.60. The first-order chi connectivity index (χ1) is 9.45. The summed E-state index contributed by atoms with van der Waals surface area (Å²) in [4.78, 5) is 2.41. The van der Waals surface area contributed by atoms with Crippen molar-refractivity contribution in [1.29, 1.82) is 0 Å². The molecule has 108 valence electrons. The van der Waals surface area contributed by atoms with Crippen molar-refractivity contribution >= 4 is 10.9 Å². The standard InChI is InChI=1S/C17H25N3/c1-17(2,3)14-6-5-13-12-18-20(16(13)11-14)15-7-9-19(4)10-8-15/h5-6,11-12,15H,7-10H2,1-4H3. The van der Waals surface area contributed by atoms with E-state index in [1.807, 2.05) is 6.20 Å². The Balaban J connectivity index is 1.99. The molecule has 0 bridgehead atoms. The van der Waals surface area contributed by atoms with E-state index in [-0.39, 0.29) is 5.41 Å². The minimum Gasteiger partial charge on any atom is -0.306 e. The van der Waals surface area contributed by atoms with Crippen LogP contribution in [0.2, 0.25) is 0 Å². The maximum atomic E-state index is 4.67. The Morgan fingerprint density at radius 1 is 1.15 bits per heavy atom. The topological polar surface area (TPSA) is 21.1 Å². The van der Waals surface area contributed by atoms with Gasteiger partial charge in [0.2, 0.25) is 0 Å². The summed E-state index contributed by atoms with van der Waals surface area (Å²) in [6.45, 7) is 9.15. The summed E-state index contributed by atoms with van der Waals surface area (Å²) in [6, 6.07) is 7.34. The minimum atomic E-state index is 0.191. The number of hydrogen-bond acceptors (Lipinski definition) is 2. The number of likely N-dealkylation sites (tertiary alicyclic amines) is 1. The lowest BCUT2D eigenvalue weighted by atomic mass is 9.86. The molecule has 1 aliphatic rings. The van der Waals surface area contributed by atoms with Gasteiger partial charge in [-0.05, 0) is 50.0 Å². The van der Waals surface area contributed by atoms with Crippen LogP contribution in [-0.2, 0) is 5.41 Å². The van der Waals surface area contributed by atoms with Crippen LogP contribution in [0.4, 0.5) is 0 Å². The van der Waals surface area contributed by atoms with Crippen molar-refractivity contribution in [2.45, 2.75) is 45.1 Å². The van der Waals surface area contributed by atoms with Crippen molar-refractivity contribution in [2.24, 2.45) is 0 Å². The summed E-state index contributed by atoms with van der Waals surface area (Å²) in [5.74, 6) is 0. The first-order valence-corrected chi connectivity index (χ1v) is 7.61. The molecule has 0 atom stereocenters. The van der Waals surface area contributed by atoms with E-state index in [2.05, 4.69) is 60.7 Å². The highest BCUT2D eigenvalue weighted by molar-refractivity contribution is 5.79. The summed E-state index contributed by atoms with van der Waals surface area (Å²) >= 11 is 0. The molecule has 1 saturated heterocycles. The molecule has 1 fully saturated rings. The Labute approximate surface area is 121 Å². The second-order valence-electron chi connectivity index (χ2n) is 7.15. The quantitative estimate of drug-likeness (QED) is 0.790. The highest BCUT2D eigenvalue weighted by atomic mass is 15.3. The first-order valence-electron chi connectivity index (χ1n) is 7.61. The SMILES string of the molecule is CN1CCC(n2ncc3ccc(C(C)(C)C)cc32)CC1. The highest BCUT2D eigenvalue weighted by Gasteiger charge is 2.21. The fourth-order valence-corrected chi connectivity index (χ4v) is 3.03. The molecule has 20 heavy (non-hydrogen) atoms. The molecule has 2 aromatic rings. The number of aromatic nitrogens is 2. The summed E-state index contributed by atoms with van der Waals surface area (Å²) in [7, 11) is 2.20. The maximum absolute atomic E-state index is 4.67. The third-order valence-electron chi connectivity index (χ3n) is 4.50. The van der Waals surface area contributed by atoms with Crippen LogP contribution in [-0.4, -0.2) is 34.8 Å². The molecule has 0 spiro atoms. The van der Waals surface area contributed by atoms with Gasteiger partial charge in [0.05, 0.1) is 17.8 Å². The lowest BCUT2D eigenvalue weighted by Gasteiger charge is -2.29. The molecule has 2 heterocycles. The normalized spacial score (nSPS) is 18.8. The Morgan fingerprint density at radius 3 is 2.50 bits per heavy atom. The predicted molar refractivity (Wildman–Crippen MR) is 84.2 cm³/mol. The number of rotatable bonds is 1. The molecule has 3 heteroatoms. The lowest BCUT2D eigenvalue weighted by Crippen LogP contribution is -2.31. The molecule has 0 amide bonds. The molecule has 3 nitrogen and oxygen atoms in total. The third kappa shape index (κ3) is 2.47. The number of piperidine rings is 1. The van der Waals surface area contributed by atoms with Crippen LogP contribution < -0.4 is 0 Å². The van der Waals surface area contributed by atoms with Gasteiger partial charge in [0.15, 0.2) is 0 Å². The Hall–Kier alpha value is -1.35. The van der Waals surface area contributed by atoms with Crippen molar-refractivity contribution in [2.75, 3.05) is 20.1 Å². The average molecular weight is 271 g/mol. The van der Waals surface area contributed by atoms with Crippen molar-refractivity contribution in [3.8, 4) is 0 Å². The molecule has 0 saturated carbocycles. The van der Waals surface area contributed by atoms with Crippen LogP contribution in [0.3, 0.4) is 0 Å². The monoisotopic (exact) mass is 271 g/mol. The Bertz CT molecular complexity index is 598. The van der Waals surface area contributed by atoms with Crippen LogP contribution >= 0.6 is 0 Å². The van der Waals surface area contributed by atoms with E-state index in [1.54, 1.807) is 0 Å². The van der Waals surface area contributed by atoms with Crippen molar-refractivity contribution in [1.82, 2.24) is 14.7 Å². The van der Waals surface area contributed by atoms with E-state index in [0.29, 0.717) is 6.04 Å². The van der Waals surface area contributed by atoms with Gasteiger partial charge in [0.1, 0.15) is 0 Å². The summed E-state index contributed by atoms with van der Waals surface area (Å²) in [5, 5.41) is 5.93. The van der Waals surface area contributed by atoms with E-state index in [0.717, 1.165) is 0 Å². The fourth-order valence-electron chi connectivity index (χ4n) is 3.03. The number of benzene rings is 1. The second-order valence-corrected chi connectivity index (χ2v) is 7.15. The fraction of sp³-hybridized carbons (Fsp3) is 0.588. The van der Waals surface area contributed by atoms with E-state index in [9.17, 15) is 0 Å². The van der Waals surface area contributed by atoms with Crippen molar-refractivity contribution in [3.05, 3.63) is 30.0 Å². The van der Waals surface area contributed by atoms with E-state index in [4.69, 9.17) is 0 Å². The van der Waals surface area contributed by atoms with E-state index >= 15 is 0 Å². The number of fused-ring (bicyclic) bond motifs is 1. The smallest absolute Gasteiger partial charge is 0.0688 e. The maximum Gasteiger partial charge on any atom is 0.0688 e. The van der Waals surface area contributed by atoms with Gasteiger partial charge in [-0.2, -0.15) is 5.10 Å². The molecule has 0 radical (unpaired) electrons. The third-order valence-corrected chi connectivity index (χ3v) is 4.50. The summed E-state index contributed by atoms with van der Waals surface area (Å²) in [5.41, 5.74) is 2.88. The van der Waals surface area contributed by atoms with Crippen LogP contribution in [0.5, 0.6) is 0 Å². The average Bonchev–Trinajstić information content (AvgIpc) is 2.81. The van der Waals surface area contributed by atoms with Gasteiger partial charge in [0.25, 0.3) is 0 Å². The van der Waals surface area contributed by atoms with E-state index < -0.39 is 0 Å². The van der Waals surface area contributed by atoms with Gasteiger partial charge in [-0.1, -0.05) is 32.9 Å². The zero-order valence-corrected chi connectivity index (χ0v) is 13.1. The van der Waals surface area contributed by atoms with Crippen molar-refractivity contribution < 1.29 is 0 Å². The molecular formula is C17H25N3. The van der Waals surface area contributed by atoms with Gasteiger partial charge in [-0.25, -0.2) is 0 Å². The van der Waals surface area contributed by atoms with Crippen LogP contribution in [0.1, 0.15) is 45.2 Å². The van der Waals surface area contributed by atoms with Crippen LogP contribution in [0.25, 0.3) is 10.9 Å². The van der Waals surface area contributed by atoms with Gasteiger partial charge < -0.3 is 4.90 Å².